The van der Waals surface area contributed by atoms with Gasteiger partial charge in [-0.25, -0.2) is 0 Å². The van der Waals surface area contributed by atoms with Gasteiger partial charge in [-0.1, -0.05) is 129 Å². The average molecular weight is 429 g/mol. The first-order chi connectivity index (χ1) is 15.2. The Morgan fingerprint density at radius 1 is 0.355 bits per heavy atom. The lowest BCUT2D eigenvalue weighted by Crippen LogP contribution is -2.26. The van der Waals surface area contributed by atoms with Crippen molar-refractivity contribution in [3.63, 3.8) is 0 Å². The molecule has 0 N–H and O–H groups in total. The summed E-state index contributed by atoms with van der Waals surface area (Å²) in [7, 11) is 0. The highest BCUT2D eigenvalue weighted by molar-refractivity contribution is 4.84. The van der Waals surface area contributed by atoms with Crippen LogP contribution in [0.25, 0.3) is 0 Å². The molecule has 0 heteroatoms. The topological polar surface area (TPSA) is 0 Å². The largest absolute Gasteiger partial charge is 0.0651 e. The molecular formula is C31H56. The zero-order chi connectivity index (χ0) is 21.5. The molecule has 0 spiro atoms. The third kappa shape index (κ3) is 6.99. The lowest BCUT2D eigenvalue weighted by atomic mass is 9.67. The molecule has 0 bridgehead atoms. The summed E-state index contributed by atoms with van der Waals surface area (Å²) in [6.45, 7) is 4.90. The Hall–Kier alpha value is 0. The van der Waals surface area contributed by atoms with E-state index >= 15 is 0 Å². The zero-order valence-electron chi connectivity index (χ0n) is 21.5. The summed E-state index contributed by atoms with van der Waals surface area (Å²) in [5.74, 6) is 8.69. The minimum Gasteiger partial charge on any atom is -0.0651 e. The van der Waals surface area contributed by atoms with Gasteiger partial charge in [0.1, 0.15) is 0 Å². The zero-order valence-corrected chi connectivity index (χ0v) is 21.5. The second kappa shape index (κ2) is 12.5. The van der Waals surface area contributed by atoms with Crippen LogP contribution in [-0.4, -0.2) is 0 Å². The Labute approximate surface area is 196 Å². The fourth-order valence-corrected chi connectivity index (χ4v) is 9.00. The fraction of sp³-hybridized carbons (Fsp3) is 1.00. The number of hydrogen-bond acceptors (Lipinski definition) is 0. The third-order valence-corrected chi connectivity index (χ3v) is 11.1. The van der Waals surface area contributed by atoms with Crippen molar-refractivity contribution < 1.29 is 0 Å². The van der Waals surface area contributed by atoms with E-state index in [1.807, 2.05) is 0 Å². The summed E-state index contributed by atoms with van der Waals surface area (Å²) >= 11 is 0. The smallest absolute Gasteiger partial charge is 0.0383 e. The highest BCUT2D eigenvalue weighted by atomic mass is 14.4. The quantitative estimate of drug-likeness (QED) is 0.360. The molecule has 31 heavy (non-hydrogen) atoms. The van der Waals surface area contributed by atoms with Crippen molar-refractivity contribution in [3.05, 3.63) is 0 Å². The molecule has 4 aliphatic rings. The van der Waals surface area contributed by atoms with Gasteiger partial charge in [-0.3, -0.25) is 0 Å². The van der Waals surface area contributed by atoms with E-state index in [1.165, 1.54) is 38.5 Å². The molecule has 180 valence electrons. The Bertz CT molecular complexity index is 434. The van der Waals surface area contributed by atoms with Crippen LogP contribution in [0.1, 0.15) is 149 Å². The van der Waals surface area contributed by atoms with Crippen LogP contribution in [0.4, 0.5) is 0 Å². The Kier molecular flexibility index (Phi) is 9.70. The summed E-state index contributed by atoms with van der Waals surface area (Å²) in [5, 5.41) is 0. The molecule has 4 aliphatic carbocycles. The van der Waals surface area contributed by atoms with Crippen molar-refractivity contribution in [2.45, 2.75) is 149 Å². The van der Waals surface area contributed by atoms with E-state index in [0.717, 1.165) is 47.3 Å². The summed E-state index contributed by atoms with van der Waals surface area (Å²) in [6.07, 6.45) is 32.6. The van der Waals surface area contributed by atoms with Gasteiger partial charge in [-0.05, 0) is 66.6 Å². The Morgan fingerprint density at radius 3 is 0.968 bits per heavy atom. The molecule has 4 rings (SSSR count). The maximum atomic E-state index is 2.45. The van der Waals surface area contributed by atoms with Gasteiger partial charge >= 0.3 is 0 Å². The highest BCUT2D eigenvalue weighted by Gasteiger charge is 2.32. The molecular weight excluding hydrogens is 372 g/mol. The van der Waals surface area contributed by atoms with Crippen LogP contribution in [0.5, 0.6) is 0 Å². The maximum absolute atomic E-state index is 2.45. The van der Waals surface area contributed by atoms with Gasteiger partial charge in [0.25, 0.3) is 0 Å². The van der Waals surface area contributed by atoms with Gasteiger partial charge < -0.3 is 0 Å². The first-order valence-electron chi connectivity index (χ1n) is 15.2. The van der Waals surface area contributed by atoms with Crippen LogP contribution in [0.2, 0.25) is 0 Å². The number of hydrogen-bond donors (Lipinski definition) is 0. The van der Waals surface area contributed by atoms with Crippen molar-refractivity contribution >= 4 is 0 Å². The molecule has 4 fully saturated rings. The van der Waals surface area contributed by atoms with E-state index in [0.29, 0.717) is 0 Å². The molecule has 0 radical (unpaired) electrons. The van der Waals surface area contributed by atoms with Crippen molar-refractivity contribution in [3.8, 4) is 0 Å². The van der Waals surface area contributed by atoms with Crippen LogP contribution >= 0.6 is 0 Å². The van der Waals surface area contributed by atoms with Crippen LogP contribution in [-0.2, 0) is 0 Å². The van der Waals surface area contributed by atoms with Crippen LogP contribution in [0, 0.1) is 47.3 Å². The third-order valence-electron chi connectivity index (χ3n) is 11.1. The molecule has 0 aromatic rings. The second-order valence-electron chi connectivity index (χ2n) is 12.9. The normalized spacial score (nSPS) is 42.4. The molecule has 0 saturated heterocycles. The van der Waals surface area contributed by atoms with Crippen molar-refractivity contribution in [2.75, 3.05) is 0 Å². The summed E-state index contributed by atoms with van der Waals surface area (Å²) < 4.78 is 0. The lowest BCUT2D eigenvalue weighted by molar-refractivity contribution is 0.133. The lowest BCUT2D eigenvalue weighted by Gasteiger charge is -2.38. The second-order valence-corrected chi connectivity index (χ2v) is 12.9. The Balaban J connectivity index is 1.12. The van der Waals surface area contributed by atoms with Gasteiger partial charge in [0.2, 0.25) is 0 Å². The SMILES string of the molecule is CCC1CCCCC1CC1CCC(CC2CCC(CC3CCCCC3CC)CC2)CC1. The molecule has 0 heterocycles. The molecule has 0 aromatic carbocycles. The standard InChI is InChI=1S/C31H56/c1-3-28-9-5-7-11-30(28)22-26-17-13-24(14-18-26)21-25-15-19-27(20-16-25)23-31-12-8-6-10-29(31)4-2/h24-31H,3-23H2,1-2H3. The van der Waals surface area contributed by atoms with Crippen molar-refractivity contribution in [1.29, 1.82) is 0 Å². The van der Waals surface area contributed by atoms with E-state index in [9.17, 15) is 0 Å². The predicted molar refractivity (Wildman–Crippen MR) is 136 cm³/mol. The number of rotatable bonds is 8. The molecule has 0 aromatic heterocycles. The van der Waals surface area contributed by atoms with E-state index in [2.05, 4.69) is 13.8 Å². The maximum Gasteiger partial charge on any atom is -0.0383 e. The van der Waals surface area contributed by atoms with Crippen molar-refractivity contribution in [2.24, 2.45) is 47.3 Å². The minimum atomic E-state index is 1.07. The van der Waals surface area contributed by atoms with Gasteiger partial charge in [0.15, 0.2) is 0 Å². The van der Waals surface area contributed by atoms with Gasteiger partial charge in [-0.15, -0.1) is 0 Å². The minimum absolute atomic E-state index is 1.07. The van der Waals surface area contributed by atoms with E-state index < -0.39 is 0 Å². The monoisotopic (exact) mass is 428 g/mol. The average Bonchev–Trinajstić information content (AvgIpc) is 2.82. The summed E-state index contributed by atoms with van der Waals surface area (Å²) in [6, 6.07) is 0. The first kappa shape index (κ1) is 24.1. The molecule has 4 saturated carbocycles. The van der Waals surface area contributed by atoms with E-state index in [4.69, 9.17) is 0 Å². The van der Waals surface area contributed by atoms with Crippen LogP contribution in [0.3, 0.4) is 0 Å². The summed E-state index contributed by atoms with van der Waals surface area (Å²) in [5.41, 5.74) is 0. The predicted octanol–water partition coefficient (Wildman–Crippen LogP) is 10.2. The van der Waals surface area contributed by atoms with Gasteiger partial charge in [-0.2, -0.15) is 0 Å². The van der Waals surface area contributed by atoms with Crippen molar-refractivity contribution in [1.82, 2.24) is 0 Å². The Morgan fingerprint density at radius 2 is 0.645 bits per heavy atom. The van der Waals surface area contributed by atoms with Crippen LogP contribution in [0.15, 0.2) is 0 Å². The molecule has 0 aliphatic heterocycles. The molecule has 0 amide bonds. The molecule has 0 nitrogen and oxygen atoms in total. The van der Waals surface area contributed by atoms with Gasteiger partial charge in [0, 0.05) is 0 Å². The highest BCUT2D eigenvalue weighted by Crippen LogP contribution is 2.45. The van der Waals surface area contributed by atoms with Gasteiger partial charge in [0.05, 0.1) is 0 Å². The van der Waals surface area contributed by atoms with E-state index in [-0.39, 0.29) is 0 Å². The summed E-state index contributed by atoms with van der Waals surface area (Å²) in [4.78, 5) is 0. The van der Waals surface area contributed by atoms with Crippen LogP contribution < -0.4 is 0 Å². The van der Waals surface area contributed by atoms with E-state index in [1.54, 1.807) is 96.3 Å². The molecule has 4 unspecified atom stereocenters. The molecule has 4 atom stereocenters. The fourth-order valence-electron chi connectivity index (χ4n) is 9.00. The first-order valence-corrected chi connectivity index (χ1v) is 15.2.